The molecule has 1 N–H and O–H groups in total. The van der Waals surface area contributed by atoms with Crippen LogP contribution in [-0.2, 0) is 6.42 Å². The van der Waals surface area contributed by atoms with E-state index in [2.05, 4.69) is 10.3 Å². The molecule has 148 valence electrons. The molecule has 1 aliphatic rings. The van der Waals surface area contributed by atoms with Crippen molar-refractivity contribution in [2.24, 2.45) is 0 Å². The fourth-order valence-corrected chi connectivity index (χ4v) is 3.18. The number of para-hydroxylation sites is 2. The summed E-state index contributed by atoms with van der Waals surface area (Å²) in [5.41, 5.74) is 0.888. The van der Waals surface area contributed by atoms with Crippen LogP contribution in [-0.4, -0.2) is 24.0 Å². The van der Waals surface area contributed by atoms with Gasteiger partial charge in [0.05, 0.1) is 0 Å². The van der Waals surface area contributed by atoms with Crippen LogP contribution in [0.1, 0.15) is 33.3 Å². The second kappa shape index (κ2) is 8.18. The lowest BCUT2D eigenvalue weighted by molar-refractivity contribution is 0.0721. The van der Waals surface area contributed by atoms with Crippen molar-refractivity contribution in [2.45, 2.75) is 19.4 Å². The predicted molar refractivity (Wildman–Crippen MR) is 105 cm³/mol. The van der Waals surface area contributed by atoms with E-state index in [0.717, 1.165) is 5.56 Å². The van der Waals surface area contributed by atoms with Gasteiger partial charge in [-0.05, 0) is 54.8 Å². The van der Waals surface area contributed by atoms with E-state index in [9.17, 15) is 9.59 Å². The first kappa shape index (κ1) is 18.7. The molecule has 2 aromatic heterocycles. The minimum atomic E-state index is -0.691. The highest BCUT2D eigenvalue weighted by Crippen LogP contribution is 2.35. The topological polar surface area (TPSA) is 90.7 Å². The van der Waals surface area contributed by atoms with Crippen LogP contribution in [0.3, 0.4) is 0 Å². The Labute approximate surface area is 167 Å². The summed E-state index contributed by atoms with van der Waals surface area (Å²) in [5, 5.41) is 2.77. The number of rotatable bonds is 5. The summed E-state index contributed by atoms with van der Waals surface area (Å²) in [6.45, 7) is 2.33. The van der Waals surface area contributed by atoms with Crippen molar-refractivity contribution in [1.29, 1.82) is 0 Å². The van der Waals surface area contributed by atoms with Crippen molar-refractivity contribution in [3.8, 4) is 11.5 Å². The maximum Gasteiger partial charge on any atom is 0.349 e. The van der Waals surface area contributed by atoms with Crippen LogP contribution in [0.5, 0.6) is 11.5 Å². The molecule has 1 aliphatic heterocycles. The molecular formula is C22H20N2O5. The summed E-state index contributed by atoms with van der Waals surface area (Å²) in [6.07, 6.45) is 3.48. The van der Waals surface area contributed by atoms with E-state index in [1.807, 2.05) is 30.3 Å². The number of benzene rings is 1. The van der Waals surface area contributed by atoms with Crippen LogP contribution >= 0.6 is 0 Å². The number of pyridine rings is 1. The summed E-state index contributed by atoms with van der Waals surface area (Å²) >= 11 is 0. The normalized spacial score (nSPS) is 15.0. The van der Waals surface area contributed by atoms with Crippen LogP contribution in [0.2, 0.25) is 0 Å². The van der Waals surface area contributed by atoms with Gasteiger partial charge in [-0.15, -0.1) is 0 Å². The molecule has 7 nitrogen and oxygen atoms in total. The Hall–Kier alpha value is -3.61. The Morgan fingerprint density at radius 1 is 1.17 bits per heavy atom. The van der Waals surface area contributed by atoms with E-state index in [1.54, 1.807) is 31.5 Å². The van der Waals surface area contributed by atoms with E-state index in [-0.39, 0.29) is 12.2 Å². The molecule has 0 aliphatic carbocycles. The summed E-state index contributed by atoms with van der Waals surface area (Å²) in [6, 6.07) is 12.7. The molecule has 1 amide bonds. The van der Waals surface area contributed by atoms with Crippen LogP contribution in [0, 0.1) is 6.92 Å². The lowest BCUT2D eigenvalue weighted by atomic mass is 10.1. The fraction of sp³-hybridized carbons (Fsp3) is 0.227. The first-order chi connectivity index (χ1) is 14.1. The number of hydrogen-bond acceptors (Lipinski definition) is 6. The van der Waals surface area contributed by atoms with E-state index in [0.29, 0.717) is 35.8 Å². The molecule has 4 rings (SSSR count). The number of nitrogens with one attached hydrogen (secondary N) is 1. The molecule has 0 bridgehead atoms. The Balaban J connectivity index is 1.46. The Kier molecular flexibility index (Phi) is 5.29. The van der Waals surface area contributed by atoms with Crippen LogP contribution in [0.25, 0.3) is 0 Å². The van der Waals surface area contributed by atoms with Crippen LogP contribution in [0.15, 0.2) is 64.1 Å². The highest BCUT2D eigenvalue weighted by Gasteiger charge is 2.26. The number of ether oxygens (including phenoxy) is 2. The van der Waals surface area contributed by atoms with Gasteiger partial charge in [0.1, 0.15) is 12.2 Å². The highest BCUT2D eigenvalue weighted by molar-refractivity contribution is 5.95. The maximum absolute atomic E-state index is 12.5. The molecular weight excluding hydrogens is 372 g/mol. The second-order valence-corrected chi connectivity index (χ2v) is 6.72. The van der Waals surface area contributed by atoms with Crippen molar-refractivity contribution in [3.05, 3.63) is 87.7 Å². The fourth-order valence-electron chi connectivity index (χ4n) is 3.18. The number of amides is 1. The van der Waals surface area contributed by atoms with E-state index < -0.39 is 17.6 Å². The number of carbonyl (C=O) groups is 1. The number of fused-ring (bicyclic) bond motifs is 1. The van der Waals surface area contributed by atoms with Crippen LogP contribution < -0.4 is 20.4 Å². The lowest BCUT2D eigenvalue weighted by Crippen LogP contribution is -2.32. The molecule has 1 atom stereocenters. The van der Waals surface area contributed by atoms with Gasteiger partial charge in [0.25, 0.3) is 5.91 Å². The summed E-state index contributed by atoms with van der Waals surface area (Å²) in [7, 11) is 0. The van der Waals surface area contributed by atoms with Gasteiger partial charge in [-0.1, -0.05) is 12.1 Å². The third kappa shape index (κ3) is 4.13. The summed E-state index contributed by atoms with van der Waals surface area (Å²) in [5.74, 6) is 1.10. The minimum Gasteiger partial charge on any atom is -0.485 e. The largest absolute Gasteiger partial charge is 0.485 e. The lowest BCUT2D eigenvalue weighted by Gasteiger charge is -2.25. The average Bonchev–Trinajstić information content (AvgIpc) is 2.73. The molecule has 0 saturated carbocycles. The molecule has 0 spiro atoms. The monoisotopic (exact) mass is 392 g/mol. The zero-order valence-corrected chi connectivity index (χ0v) is 15.9. The highest BCUT2D eigenvalue weighted by atomic mass is 16.6. The van der Waals surface area contributed by atoms with E-state index in [1.165, 1.54) is 0 Å². The van der Waals surface area contributed by atoms with Gasteiger partial charge >= 0.3 is 5.63 Å². The van der Waals surface area contributed by atoms with Gasteiger partial charge in [0, 0.05) is 18.9 Å². The summed E-state index contributed by atoms with van der Waals surface area (Å²) in [4.78, 5) is 28.9. The third-order valence-electron chi connectivity index (χ3n) is 4.67. The summed E-state index contributed by atoms with van der Waals surface area (Å²) < 4.78 is 17.0. The van der Waals surface area contributed by atoms with Gasteiger partial charge in [0.2, 0.25) is 0 Å². The minimum absolute atomic E-state index is 0.000561. The molecule has 3 heterocycles. The van der Waals surface area contributed by atoms with Crippen LogP contribution in [0.4, 0.5) is 0 Å². The molecule has 0 saturated heterocycles. The molecule has 0 fully saturated rings. The first-order valence-corrected chi connectivity index (χ1v) is 9.32. The first-order valence-electron chi connectivity index (χ1n) is 9.32. The van der Waals surface area contributed by atoms with Crippen molar-refractivity contribution >= 4 is 5.91 Å². The van der Waals surface area contributed by atoms with Crippen molar-refractivity contribution in [2.75, 3.05) is 13.2 Å². The molecule has 1 aromatic carbocycles. The smallest absolute Gasteiger partial charge is 0.349 e. The third-order valence-corrected chi connectivity index (χ3v) is 4.67. The van der Waals surface area contributed by atoms with Gasteiger partial charge in [-0.2, -0.15) is 0 Å². The molecule has 29 heavy (non-hydrogen) atoms. The molecule has 0 radical (unpaired) electrons. The zero-order valence-electron chi connectivity index (χ0n) is 15.9. The number of aryl methyl sites for hydroxylation is 1. The predicted octanol–water partition coefficient (Wildman–Crippen LogP) is 2.83. The van der Waals surface area contributed by atoms with Crippen molar-refractivity contribution < 1.29 is 18.7 Å². The maximum atomic E-state index is 12.5. The van der Waals surface area contributed by atoms with Crippen molar-refractivity contribution in [1.82, 2.24) is 10.3 Å². The second-order valence-electron chi connectivity index (χ2n) is 6.72. The zero-order chi connectivity index (χ0) is 20.2. The van der Waals surface area contributed by atoms with E-state index in [4.69, 9.17) is 13.9 Å². The molecule has 1 unspecified atom stereocenters. The SMILES string of the molecule is Cc1cc(C2COc3ccccc3O2)oc(=O)c1C(=O)NCCc1ccncc1. The molecule has 3 aromatic rings. The number of hydrogen-bond donors (Lipinski definition) is 1. The average molecular weight is 392 g/mol. The van der Waals surface area contributed by atoms with E-state index >= 15 is 0 Å². The Bertz CT molecular complexity index is 1080. The Morgan fingerprint density at radius 2 is 1.93 bits per heavy atom. The molecule has 7 heteroatoms. The number of aromatic nitrogens is 1. The van der Waals surface area contributed by atoms with Gasteiger partial charge < -0.3 is 19.2 Å². The van der Waals surface area contributed by atoms with Gasteiger partial charge in [-0.25, -0.2) is 4.79 Å². The quantitative estimate of drug-likeness (QED) is 0.718. The van der Waals surface area contributed by atoms with Crippen molar-refractivity contribution in [3.63, 3.8) is 0 Å². The number of carbonyl (C=O) groups excluding carboxylic acids is 1. The number of nitrogens with zero attached hydrogens (tertiary/aromatic N) is 1. The Morgan fingerprint density at radius 3 is 2.69 bits per heavy atom. The van der Waals surface area contributed by atoms with Gasteiger partial charge in [-0.3, -0.25) is 9.78 Å². The standard InChI is InChI=1S/C22H20N2O5/c1-14-12-18(19-13-27-16-4-2-3-5-17(16)28-19)29-22(26)20(14)21(25)24-11-8-15-6-9-23-10-7-15/h2-7,9-10,12,19H,8,11,13H2,1H3,(H,24,25). The van der Waals surface area contributed by atoms with Gasteiger partial charge in [0.15, 0.2) is 23.4 Å².